The minimum Gasteiger partial charge on any atom is -0.480 e. The fraction of sp³-hybridized carbons (Fsp3) is 0.167. The number of rotatable bonds is 3. The van der Waals surface area contributed by atoms with Crippen molar-refractivity contribution in [3.05, 3.63) is 29.8 Å². The van der Waals surface area contributed by atoms with E-state index < -0.39 is 22.0 Å². The monoisotopic (exact) mass is 278 g/mol. The Hall–Kier alpha value is -2.33. The Balaban J connectivity index is 2.49. The summed E-state index contributed by atoms with van der Waals surface area (Å²) in [6, 6.07) is 5.04. The highest BCUT2D eigenvalue weighted by Gasteiger charge is 2.31. The molecule has 1 heterocycles. The van der Waals surface area contributed by atoms with Crippen molar-refractivity contribution in [2.75, 3.05) is 0 Å². The van der Waals surface area contributed by atoms with Gasteiger partial charge in [0.25, 0.3) is 10.0 Å². The van der Waals surface area contributed by atoms with E-state index in [-0.39, 0.29) is 17.2 Å². The number of terminal acetylenes is 1. The Morgan fingerprint density at radius 1 is 1.47 bits per heavy atom. The fourth-order valence-electron chi connectivity index (χ4n) is 1.69. The second-order valence-corrected chi connectivity index (χ2v) is 5.49. The van der Waals surface area contributed by atoms with Crippen LogP contribution in [0.5, 0.6) is 0 Å². The Kier molecular flexibility index (Phi) is 3.27. The molecule has 1 aromatic rings. The van der Waals surface area contributed by atoms with Gasteiger partial charge >= 0.3 is 5.97 Å². The number of carboxylic acids is 1. The second-order valence-electron chi connectivity index (χ2n) is 3.84. The number of benzene rings is 1. The SMILES string of the molecule is C#CCC(N=C1NS(=O)(=O)c2ccccc21)C(=O)O. The number of carbonyl (C=O) groups is 1. The van der Waals surface area contributed by atoms with Crippen molar-refractivity contribution in [1.29, 1.82) is 0 Å². The van der Waals surface area contributed by atoms with E-state index in [2.05, 4.69) is 15.6 Å². The summed E-state index contributed by atoms with van der Waals surface area (Å²) >= 11 is 0. The number of fused-ring (bicyclic) bond motifs is 1. The highest BCUT2D eigenvalue weighted by atomic mass is 32.2. The van der Waals surface area contributed by atoms with Gasteiger partial charge < -0.3 is 5.11 Å². The fourth-order valence-corrected chi connectivity index (χ4v) is 2.92. The third-order valence-corrected chi connectivity index (χ3v) is 3.94. The number of nitrogens with one attached hydrogen (secondary N) is 1. The molecule has 0 saturated heterocycles. The van der Waals surface area contributed by atoms with E-state index >= 15 is 0 Å². The summed E-state index contributed by atoms with van der Waals surface area (Å²) in [5.74, 6) is 1.01. The molecule has 2 N–H and O–H groups in total. The molecule has 1 aliphatic rings. The van der Waals surface area contributed by atoms with Gasteiger partial charge in [0.15, 0.2) is 6.04 Å². The molecule has 0 aliphatic carbocycles. The van der Waals surface area contributed by atoms with E-state index in [4.69, 9.17) is 11.5 Å². The summed E-state index contributed by atoms with van der Waals surface area (Å²) in [5.41, 5.74) is 0.353. The zero-order chi connectivity index (χ0) is 14.0. The number of aliphatic carboxylic acids is 1. The van der Waals surface area contributed by atoms with Crippen LogP contribution in [0.4, 0.5) is 0 Å². The number of hydrogen-bond donors (Lipinski definition) is 2. The average Bonchev–Trinajstić information content (AvgIpc) is 2.61. The lowest BCUT2D eigenvalue weighted by molar-refractivity contribution is -0.138. The highest BCUT2D eigenvalue weighted by molar-refractivity contribution is 7.90. The Morgan fingerprint density at radius 3 is 2.79 bits per heavy atom. The van der Waals surface area contributed by atoms with Crippen LogP contribution in [0.2, 0.25) is 0 Å². The molecule has 1 atom stereocenters. The molecule has 0 aromatic heterocycles. The van der Waals surface area contributed by atoms with Crippen LogP contribution in [0.3, 0.4) is 0 Å². The first-order valence-corrected chi connectivity index (χ1v) is 6.80. The number of aliphatic imine (C=N–C) groups is 1. The van der Waals surface area contributed by atoms with Crippen LogP contribution in [-0.4, -0.2) is 31.4 Å². The molecule has 7 heteroatoms. The number of sulfonamides is 1. The van der Waals surface area contributed by atoms with Gasteiger partial charge in [-0.05, 0) is 12.1 Å². The molecule has 2 rings (SSSR count). The molecular weight excluding hydrogens is 268 g/mol. The molecule has 19 heavy (non-hydrogen) atoms. The predicted molar refractivity (Wildman–Crippen MR) is 68.2 cm³/mol. The summed E-state index contributed by atoms with van der Waals surface area (Å²) in [7, 11) is -3.67. The van der Waals surface area contributed by atoms with Crippen LogP contribution in [-0.2, 0) is 14.8 Å². The van der Waals surface area contributed by atoms with Crippen molar-refractivity contribution in [1.82, 2.24) is 4.72 Å². The first kappa shape index (κ1) is 13.1. The van der Waals surface area contributed by atoms with Gasteiger partial charge in [0.1, 0.15) is 5.84 Å². The molecule has 0 saturated carbocycles. The number of nitrogens with zero attached hydrogens (tertiary/aromatic N) is 1. The quantitative estimate of drug-likeness (QED) is 0.772. The third kappa shape index (κ3) is 2.44. The first-order chi connectivity index (χ1) is 8.95. The van der Waals surface area contributed by atoms with Gasteiger partial charge in [0.2, 0.25) is 0 Å². The molecule has 0 amide bonds. The predicted octanol–water partition coefficient (Wildman–Crippen LogP) is 0.202. The van der Waals surface area contributed by atoms with Crippen molar-refractivity contribution < 1.29 is 18.3 Å². The second kappa shape index (κ2) is 4.74. The van der Waals surface area contributed by atoms with E-state index in [0.29, 0.717) is 5.56 Å². The summed E-state index contributed by atoms with van der Waals surface area (Å²) < 4.78 is 25.8. The summed E-state index contributed by atoms with van der Waals surface area (Å²) in [6.45, 7) is 0. The van der Waals surface area contributed by atoms with Crippen LogP contribution < -0.4 is 4.72 Å². The lowest BCUT2D eigenvalue weighted by atomic mass is 10.2. The van der Waals surface area contributed by atoms with Crippen molar-refractivity contribution >= 4 is 21.8 Å². The molecule has 98 valence electrons. The van der Waals surface area contributed by atoms with Crippen LogP contribution in [0.15, 0.2) is 34.2 Å². The molecule has 0 fully saturated rings. The third-order valence-electron chi connectivity index (χ3n) is 2.54. The van der Waals surface area contributed by atoms with Gasteiger partial charge in [-0.1, -0.05) is 12.1 Å². The molecule has 0 spiro atoms. The Morgan fingerprint density at radius 2 is 2.16 bits per heavy atom. The maximum atomic E-state index is 11.8. The van der Waals surface area contributed by atoms with Gasteiger partial charge in [0, 0.05) is 12.0 Å². The first-order valence-electron chi connectivity index (χ1n) is 5.32. The van der Waals surface area contributed by atoms with E-state index in [0.717, 1.165) is 0 Å². The molecule has 0 bridgehead atoms. The topological polar surface area (TPSA) is 95.8 Å². The van der Waals surface area contributed by atoms with E-state index in [1.165, 1.54) is 6.07 Å². The van der Waals surface area contributed by atoms with Crippen LogP contribution in [0.1, 0.15) is 12.0 Å². The number of carboxylic acid groups (broad SMARTS) is 1. The largest absolute Gasteiger partial charge is 0.480 e. The van der Waals surface area contributed by atoms with Crippen LogP contribution in [0, 0.1) is 12.3 Å². The molecule has 6 nitrogen and oxygen atoms in total. The molecule has 1 aromatic carbocycles. The Labute approximate surface area is 110 Å². The van der Waals surface area contributed by atoms with Crippen molar-refractivity contribution in [3.8, 4) is 12.3 Å². The van der Waals surface area contributed by atoms with E-state index in [1.807, 2.05) is 0 Å². The standard InChI is InChI=1S/C12H10N2O4S/c1-2-5-9(12(15)16)13-11-8-6-3-4-7-10(8)19(17,18)14-11/h1,3-4,6-7,9H,5H2,(H,13,14)(H,15,16). The van der Waals surface area contributed by atoms with Gasteiger partial charge in [0.05, 0.1) is 4.90 Å². The van der Waals surface area contributed by atoms with Gasteiger partial charge in [-0.15, -0.1) is 12.3 Å². The maximum absolute atomic E-state index is 11.8. The minimum atomic E-state index is -3.67. The van der Waals surface area contributed by atoms with Crippen molar-refractivity contribution in [2.24, 2.45) is 4.99 Å². The van der Waals surface area contributed by atoms with Crippen molar-refractivity contribution in [3.63, 3.8) is 0 Å². The summed E-state index contributed by atoms with van der Waals surface area (Å²) in [4.78, 5) is 14.9. The number of amidine groups is 1. The Bertz CT molecular complexity index is 701. The van der Waals surface area contributed by atoms with E-state index in [9.17, 15) is 13.2 Å². The zero-order valence-electron chi connectivity index (χ0n) is 9.70. The summed E-state index contributed by atoms with van der Waals surface area (Å²) in [6.07, 6.45) is 4.96. The zero-order valence-corrected chi connectivity index (χ0v) is 10.5. The van der Waals surface area contributed by atoms with Crippen LogP contribution in [0.25, 0.3) is 0 Å². The molecular formula is C12H10N2O4S. The lowest BCUT2D eigenvalue weighted by Gasteiger charge is -2.05. The van der Waals surface area contributed by atoms with Crippen molar-refractivity contribution in [2.45, 2.75) is 17.4 Å². The van der Waals surface area contributed by atoms with Gasteiger partial charge in [-0.3, -0.25) is 9.71 Å². The number of hydrogen-bond acceptors (Lipinski definition) is 4. The molecule has 1 aliphatic heterocycles. The summed E-state index contributed by atoms with van der Waals surface area (Å²) in [5, 5.41) is 8.96. The maximum Gasteiger partial charge on any atom is 0.329 e. The van der Waals surface area contributed by atoms with Crippen LogP contribution >= 0.6 is 0 Å². The normalized spacial score (nSPS) is 19.2. The molecule has 1 unspecified atom stereocenters. The average molecular weight is 278 g/mol. The van der Waals surface area contributed by atoms with Gasteiger partial charge in [-0.2, -0.15) is 0 Å². The smallest absolute Gasteiger partial charge is 0.329 e. The lowest BCUT2D eigenvalue weighted by Crippen LogP contribution is -2.26. The van der Waals surface area contributed by atoms with Gasteiger partial charge in [-0.25, -0.2) is 13.2 Å². The van der Waals surface area contributed by atoms with E-state index in [1.54, 1.807) is 18.2 Å². The molecule has 0 radical (unpaired) electrons. The highest BCUT2D eigenvalue weighted by Crippen LogP contribution is 2.22. The minimum absolute atomic E-state index is 0.0123.